The van der Waals surface area contributed by atoms with Crippen molar-refractivity contribution in [2.24, 2.45) is 0 Å². The van der Waals surface area contributed by atoms with Gasteiger partial charge in [0.1, 0.15) is 11.8 Å². The van der Waals surface area contributed by atoms with Gasteiger partial charge in [-0.3, -0.25) is 0 Å². The molecule has 0 bridgehead atoms. The molecule has 3 rings (SSSR count). The Balaban J connectivity index is 1.92. The summed E-state index contributed by atoms with van der Waals surface area (Å²) < 4.78 is 5.29. The molecule has 0 amide bonds. The summed E-state index contributed by atoms with van der Waals surface area (Å²) >= 11 is 0. The van der Waals surface area contributed by atoms with Crippen molar-refractivity contribution in [1.29, 1.82) is 0 Å². The summed E-state index contributed by atoms with van der Waals surface area (Å²) in [5, 5.41) is 3.32. The number of nitrogens with zero attached hydrogens (tertiary/aromatic N) is 3. The molecule has 78 valence electrons. The molecule has 1 saturated heterocycles. The number of rotatable bonds is 2. The van der Waals surface area contributed by atoms with E-state index in [-0.39, 0.29) is 0 Å². The zero-order valence-corrected chi connectivity index (χ0v) is 8.10. The predicted octanol–water partition coefficient (Wildman–Crippen LogP) is 0.554. The van der Waals surface area contributed by atoms with E-state index < -0.39 is 0 Å². The van der Waals surface area contributed by atoms with E-state index in [1.54, 1.807) is 6.33 Å². The van der Waals surface area contributed by atoms with Crippen LogP contribution >= 0.6 is 0 Å². The monoisotopic (exact) mass is 205 g/mol. The minimum Gasteiger partial charge on any atom is -0.379 e. The highest BCUT2D eigenvalue weighted by Crippen LogP contribution is 2.17. The minimum absolute atomic E-state index is 0.339. The van der Waals surface area contributed by atoms with Gasteiger partial charge in [-0.2, -0.15) is 0 Å². The Kier molecular flexibility index (Phi) is 1.99. The Morgan fingerprint density at radius 2 is 2.40 bits per heavy atom. The lowest BCUT2D eigenvalue weighted by atomic mass is 10.2. The molecule has 1 aliphatic heterocycles. The smallest absolute Gasteiger partial charge is 0.182 e. The van der Waals surface area contributed by atoms with Crippen LogP contribution in [0.2, 0.25) is 0 Å². The van der Waals surface area contributed by atoms with Crippen LogP contribution in [0, 0.1) is 0 Å². The quantitative estimate of drug-likeness (QED) is 0.749. The molecule has 0 saturated carbocycles. The van der Waals surface area contributed by atoms with E-state index in [4.69, 9.17) is 4.74 Å². The van der Waals surface area contributed by atoms with Crippen LogP contribution in [0.15, 0.2) is 12.7 Å². The molecule has 1 aliphatic rings. The van der Waals surface area contributed by atoms with Gasteiger partial charge in [0.15, 0.2) is 11.5 Å². The van der Waals surface area contributed by atoms with Crippen molar-refractivity contribution in [3.63, 3.8) is 0 Å². The summed E-state index contributed by atoms with van der Waals surface area (Å²) in [6.07, 6.45) is 4.15. The van der Waals surface area contributed by atoms with Crippen molar-refractivity contribution in [2.45, 2.75) is 12.5 Å². The molecule has 2 aromatic heterocycles. The van der Waals surface area contributed by atoms with Gasteiger partial charge < -0.3 is 15.0 Å². The second-order valence-electron chi connectivity index (χ2n) is 3.53. The maximum absolute atomic E-state index is 5.29. The normalized spacial score (nSPS) is 20.9. The van der Waals surface area contributed by atoms with E-state index in [1.165, 1.54) is 6.33 Å². The number of H-pyrrole nitrogens is 1. The van der Waals surface area contributed by atoms with E-state index in [9.17, 15) is 0 Å². The zero-order chi connectivity index (χ0) is 10.1. The Hall–Kier alpha value is -1.69. The number of aromatic nitrogens is 4. The molecular weight excluding hydrogens is 194 g/mol. The van der Waals surface area contributed by atoms with Gasteiger partial charge in [0.25, 0.3) is 0 Å². The molecule has 1 fully saturated rings. The first-order valence-corrected chi connectivity index (χ1v) is 4.92. The Bertz CT molecular complexity index is 462. The third-order valence-corrected chi connectivity index (χ3v) is 2.49. The zero-order valence-electron chi connectivity index (χ0n) is 8.10. The van der Waals surface area contributed by atoms with Gasteiger partial charge >= 0.3 is 0 Å². The fourth-order valence-electron chi connectivity index (χ4n) is 1.72. The molecule has 6 nitrogen and oxygen atoms in total. The van der Waals surface area contributed by atoms with E-state index >= 15 is 0 Å². The van der Waals surface area contributed by atoms with Crippen LogP contribution in [0.1, 0.15) is 6.42 Å². The van der Waals surface area contributed by atoms with Crippen LogP contribution in [0.5, 0.6) is 0 Å². The molecular formula is C9H11N5O. The van der Waals surface area contributed by atoms with Crippen molar-refractivity contribution in [2.75, 3.05) is 18.5 Å². The SMILES string of the molecule is c1nc(N[C@@H]2CCOC2)c2[nH]cnc2n1. The van der Waals surface area contributed by atoms with Gasteiger partial charge in [-0.15, -0.1) is 0 Å². The number of aromatic amines is 1. The van der Waals surface area contributed by atoms with E-state index in [1.807, 2.05) is 0 Å². The number of ether oxygens (including phenoxy) is 1. The van der Waals surface area contributed by atoms with E-state index in [2.05, 4.69) is 25.3 Å². The Morgan fingerprint density at radius 1 is 1.40 bits per heavy atom. The number of hydrogen-bond donors (Lipinski definition) is 2. The molecule has 0 aliphatic carbocycles. The molecule has 6 heteroatoms. The molecule has 0 radical (unpaired) electrons. The lowest BCUT2D eigenvalue weighted by Crippen LogP contribution is -2.19. The number of anilines is 1. The van der Waals surface area contributed by atoms with Crippen molar-refractivity contribution in [1.82, 2.24) is 19.9 Å². The van der Waals surface area contributed by atoms with Crippen LogP contribution in [-0.4, -0.2) is 39.2 Å². The first-order chi connectivity index (χ1) is 7.43. The van der Waals surface area contributed by atoms with Crippen LogP contribution in [0.3, 0.4) is 0 Å². The highest BCUT2D eigenvalue weighted by molar-refractivity contribution is 5.82. The third kappa shape index (κ3) is 1.52. The number of fused-ring (bicyclic) bond motifs is 1. The molecule has 0 spiro atoms. The fraction of sp³-hybridized carbons (Fsp3) is 0.444. The molecule has 3 heterocycles. The van der Waals surface area contributed by atoms with Gasteiger partial charge in [-0.1, -0.05) is 0 Å². The summed E-state index contributed by atoms with van der Waals surface area (Å²) in [5.74, 6) is 0.799. The van der Waals surface area contributed by atoms with Crippen molar-refractivity contribution in [3.05, 3.63) is 12.7 Å². The second-order valence-corrected chi connectivity index (χ2v) is 3.53. The number of imidazole rings is 1. The summed E-state index contributed by atoms with van der Waals surface area (Å²) in [6, 6.07) is 0.339. The maximum Gasteiger partial charge on any atom is 0.182 e. The topological polar surface area (TPSA) is 75.7 Å². The summed E-state index contributed by atoms with van der Waals surface area (Å²) in [5.41, 5.74) is 1.54. The molecule has 2 N–H and O–H groups in total. The van der Waals surface area contributed by atoms with Gasteiger partial charge in [0.05, 0.1) is 19.0 Å². The van der Waals surface area contributed by atoms with Crippen molar-refractivity contribution in [3.8, 4) is 0 Å². The summed E-state index contributed by atoms with van der Waals surface area (Å²) in [6.45, 7) is 1.55. The maximum atomic E-state index is 5.29. The Labute approximate surface area is 86.1 Å². The highest BCUT2D eigenvalue weighted by Gasteiger charge is 2.17. The summed E-state index contributed by atoms with van der Waals surface area (Å²) in [7, 11) is 0. The fourth-order valence-corrected chi connectivity index (χ4v) is 1.72. The molecule has 2 aromatic rings. The second kappa shape index (κ2) is 3.47. The first-order valence-electron chi connectivity index (χ1n) is 4.92. The lowest BCUT2D eigenvalue weighted by molar-refractivity contribution is 0.195. The van der Waals surface area contributed by atoms with Crippen LogP contribution in [0.25, 0.3) is 11.2 Å². The average Bonchev–Trinajstić information content (AvgIpc) is 2.87. The first kappa shape index (κ1) is 8.60. The average molecular weight is 205 g/mol. The molecule has 0 aromatic carbocycles. The van der Waals surface area contributed by atoms with Gasteiger partial charge in [0.2, 0.25) is 0 Å². The number of nitrogens with one attached hydrogen (secondary N) is 2. The van der Waals surface area contributed by atoms with E-state index in [0.29, 0.717) is 11.7 Å². The van der Waals surface area contributed by atoms with Gasteiger partial charge in [-0.05, 0) is 6.42 Å². The highest BCUT2D eigenvalue weighted by atomic mass is 16.5. The van der Waals surface area contributed by atoms with Gasteiger partial charge in [0, 0.05) is 6.61 Å². The molecule has 15 heavy (non-hydrogen) atoms. The van der Waals surface area contributed by atoms with E-state index in [0.717, 1.165) is 31.0 Å². The predicted molar refractivity (Wildman–Crippen MR) is 54.5 cm³/mol. The Morgan fingerprint density at radius 3 is 3.27 bits per heavy atom. The van der Waals surface area contributed by atoms with Crippen LogP contribution in [-0.2, 0) is 4.74 Å². The van der Waals surface area contributed by atoms with Gasteiger partial charge in [-0.25, -0.2) is 15.0 Å². The largest absolute Gasteiger partial charge is 0.379 e. The molecule has 0 unspecified atom stereocenters. The summed E-state index contributed by atoms with van der Waals surface area (Å²) in [4.78, 5) is 15.3. The number of hydrogen-bond acceptors (Lipinski definition) is 5. The van der Waals surface area contributed by atoms with Crippen molar-refractivity contribution < 1.29 is 4.74 Å². The standard InChI is InChI=1S/C9H11N5O/c1-2-15-3-6(1)14-9-7-8(11-4-10-7)12-5-13-9/h4-6H,1-3H2,(H2,10,11,12,13,14)/t6-/m1/s1. The third-order valence-electron chi connectivity index (χ3n) is 2.49. The van der Waals surface area contributed by atoms with Crippen LogP contribution < -0.4 is 5.32 Å². The lowest BCUT2D eigenvalue weighted by Gasteiger charge is -2.10. The minimum atomic E-state index is 0.339. The van der Waals surface area contributed by atoms with Crippen LogP contribution in [0.4, 0.5) is 5.82 Å². The molecule has 1 atom stereocenters. The van der Waals surface area contributed by atoms with Crippen molar-refractivity contribution >= 4 is 17.0 Å².